The van der Waals surface area contributed by atoms with Crippen LogP contribution in [0, 0.1) is 11.6 Å². The summed E-state index contributed by atoms with van der Waals surface area (Å²) >= 11 is 0. The minimum Gasteiger partial charge on any atom is -0.396 e. The number of aliphatic hydroxyl groups excluding tert-OH is 1. The van der Waals surface area contributed by atoms with E-state index in [0.29, 0.717) is 24.7 Å². The predicted octanol–water partition coefficient (Wildman–Crippen LogP) is 2.71. The molecule has 2 heterocycles. The molecule has 152 valence electrons. The molecule has 2 fully saturated rings. The summed E-state index contributed by atoms with van der Waals surface area (Å²) in [5.41, 5.74) is 0.801. The molecule has 3 rings (SSSR count). The van der Waals surface area contributed by atoms with E-state index >= 15 is 0 Å². The quantitative estimate of drug-likeness (QED) is 0.821. The van der Waals surface area contributed by atoms with E-state index in [1.165, 1.54) is 25.0 Å². The number of benzene rings is 1. The van der Waals surface area contributed by atoms with E-state index in [1.807, 2.05) is 0 Å². The maximum atomic E-state index is 13.5. The first-order chi connectivity index (χ1) is 13.0. The summed E-state index contributed by atoms with van der Waals surface area (Å²) in [6.07, 6.45) is 3.13. The molecule has 1 aromatic carbocycles. The lowest BCUT2D eigenvalue weighted by molar-refractivity contribution is -0.0000541. The van der Waals surface area contributed by atoms with Crippen molar-refractivity contribution in [1.29, 1.82) is 0 Å². The minimum absolute atomic E-state index is 0.186. The van der Waals surface area contributed by atoms with Crippen LogP contribution in [0.2, 0.25) is 0 Å². The van der Waals surface area contributed by atoms with Crippen molar-refractivity contribution in [2.75, 3.05) is 39.3 Å². The second-order valence-corrected chi connectivity index (χ2v) is 8.25. The Morgan fingerprint density at radius 3 is 2.44 bits per heavy atom. The molecule has 0 spiro atoms. The molecule has 6 heteroatoms. The first-order valence-corrected chi connectivity index (χ1v) is 10.2. The van der Waals surface area contributed by atoms with E-state index in [0.717, 1.165) is 44.7 Å². The van der Waals surface area contributed by atoms with Crippen molar-refractivity contribution < 1.29 is 13.9 Å². The number of hydrogen-bond acceptors (Lipinski definition) is 4. The highest BCUT2D eigenvalue weighted by Crippen LogP contribution is 2.25. The van der Waals surface area contributed by atoms with Gasteiger partial charge >= 0.3 is 0 Å². The summed E-state index contributed by atoms with van der Waals surface area (Å²) in [5, 5.41) is 9.55. The van der Waals surface area contributed by atoms with Crippen LogP contribution in [0.1, 0.15) is 38.7 Å². The van der Waals surface area contributed by atoms with Crippen molar-refractivity contribution in [2.24, 2.45) is 0 Å². The third-order valence-electron chi connectivity index (χ3n) is 6.16. The summed E-state index contributed by atoms with van der Waals surface area (Å²) in [4.78, 5) is 7.43. The smallest absolute Gasteiger partial charge is 0.159 e. The molecule has 2 aliphatic rings. The van der Waals surface area contributed by atoms with Gasteiger partial charge in [-0.1, -0.05) is 6.07 Å². The van der Waals surface area contributed by atoms with Crippen molar-refractivity contribution in [2.45, 2.75) is 57.8 Å². The second-order valence-electron chi connectivity index (χ2n) is 8.25. The molecule has 4 nitrogen and oxygen atoms in total. The van der Waals surface area contributed by atoms with Crippen LogP contribution in [0.4, 0.5) is 8.78 Å². The fraction of sp³-hybridized carbons (Fsp3) is 0.714. The molecular weight excluding hydrogens is 348 g/mol. The lowest BCUT2D eigenvalue weighted by Gasteiger charge is -2.48. The largest absolute Gasteiger partial charge is 0.396 e. The number of hydrogen-bond donors (Lipinski definition) is 1. The van der Waals surface area contributed by atoms with Gasteiger partial charge in [0, 0.05) is 50.9 Å². The number of rotatable bonds is 6. The Bertz CT molecular complexity index is 605. The van der Waals surface area contributed by atoms with Gasteiger partial charge in [0.05, 0.1) is 0 Å². The highest BCUT2D eigenvalue weighted by atomic mass is 19.2. The third-order valence-corrected chi connectivity index (χ3v) is 6.16. The van der Waals surface area contributed by atoms with E-state index in [4.69, 9.17) is 0 Å². The first-order valence-electron chi connectivity index (χ1n) is 10.2. The maximum absolute atomic E-state index is 13.5. The number of piperazine rings is 1. The Morgan fingerprint density at radius 1 is 1.07 bits per heavy atom. The van der Waals surface area contributed by atoms with Gasteiger partial charge in [0.2, 0.25) is 0 Å². The summed E-state index contributed by atoms with van der Waals surface area (Å²) in [6.45, 7) is 10.4. The van der Waals surface area contributed by atoms with Crippen LogP contribution in [0.5, 0.6) is 0 Å². The number of likely N-dealkylation sites (tertiary alicyclic amines) is 1. The Hall–Kier alpha value is -1.08. The van der Waals surface area contributed by atoms with Crippen LogP contribution in [0.15, 0.2) is 18.2 Å². The molecule has 1 aromatic rings. The molecule has 27 heavy (non-hydrogen) atoms. The summed E-state index contributed by atoms with van der Waals surface area (Å²) in [7, 11) is 0. The summed E-state index contributed by atoms with van der Waals surface area (Å²) in [5.74, 6) is -1.58. The molecule has 0 aromatic heterocycles. The SMILES string of the molecule is CC(C)N1CCC(N2CCN(Cc3ccc(F)c(F)c3)CC2CCO)CC1. The number of nitrogens with zero attached hydrogens (tertiary/aromatic N) is 3. The molecule has 1 unspecified atom stereocenters. The van der Waals surface area contributed by atoms with Gasteiger partial charge in [0.25, 0.3) is 0 Å². The lowest BCUT2D eigenvalue weighted by atomic mass is 9.97. The summed E-state index contributed by atoms with van der Waals surface area (Å²) in [6, 6.07) is 5.67. The molecule has 1 N–H and O–H groups in total. The van der Waals surface area contributed by atoms with Gasteiger partial charge in [-0.3, -0.25) is 9.80 Å². The van der Waals surface area contributed by atoms with E-state index in [2.05, 4.69) is 28.5 Å². The van der Waals surface area contributed by atoms with Gasteiger partial charge < -0.3 is 10.0 Å². The van der Waals surface area contributed by atoms with Crippen LogP contribution < -0.4 is 0 Å². The van der Waals surface area contributed by atoms with Crippen molar-refractivity contribution >= 4 is 0 Å². The first kappa shape index (κ1) is 20.6. The Balaban J connectivity index is 1.59. The average molecular weight is 382 g/mol. The molecule has 0 aliphatic carbocycles. The topological polar surface area (TPSA) is 30.0 Å². The third kappa shape index (κ3) is 5.25. The van der Waals surface area contributed by atoms with Crippen LogP contribution in [-0.4, -0.2) is 77.3 Å². The Morgan fingerprint density at radius 2 is 1.81 bits per heavy atom. The van der Waals surface area contributed by atoms with Crippen molar-refractivity contribution in [3.05, 3.63) is 35.4 Å². The van der Waals surface area contributed by atoms with Crippen LogP contribution in [0.3, 0.4) is 0 Å². The van der Waals surface area contributed by atoms with Gasteiger partial charge in [-0.15, -0.1) is 0 Å². The molecular formula is C21H33F2N3O. The van der Waals surface area contributed by atoms with Gasteiger partial charge in [0.1, 0.15) is 0 Å². The molecule has 0 bridgehead atoms. The minimum atomic E-state index is -0.797. The van der Waals surface area contributed by atoms with Gasteiger partial charge in [0.15, 0.2) is 11.6 Å². The molecule has 2 saturated heterocycles. The van der Waals surface area contributed by atoms with Gasteiger partial charge in [-0.05, 0) is 63.9 Å². The van der Waals surface area contributed by atoms with E-state index < -0.39 is 11.6 Å². The zero-order valence-corrected chi connectivity index (χ0v) is 16.6. The van der Waals surface area contributed by atoms with Crippen LogP contribution >= 0.6 is 0 Å². The number of aliphatic hydroxyl groups is 1. The van der Waals surface area contributed by atoms with Crippen LogP contribution in [0.25, 0.3) is 0 Å². The second kappa shape index (κ2) is 9.41. The molecule has 2 aliphatic heterocycles. The molecule has 1 atom stereocenters. The highest BCUT2D eigenvalue weighted by molar-refractivity contribution is 5.17. The van der Waals surface area contributed by atoms with E-state index in [-0.39, 0.29) is 6.61 Å². The Labute approximate surface area is 161 Å². The summed E-state index contributed by atoms with van der Waals surface area (Å²) < 4.78 is 26.6. The van der Waals surface area contributed by atoms with Gasteiger partial charge in [-0.2, -0.15) is 0 Å². The molecule has 0 amide bonds. The van der Waals surface area contributed by atoms with Crippen molar-refractivity contribution in [3.63, 3.8) is 0 Å². The monoisotopic (exact) mass is 381 g/mol. The molecule has 0 saturated carbocycles. The maximum Gasteiger partial charge on any atom is 0.159 e. The number of halogens is 2. The zero-order chi connectivity index (χ0) is 19.4. The lowest BCUT2D eigenvalue weighted by Crippen LogP contribution is -2.58. The zero-order valence-electron chi connectivity index (χ0n) is 16.6. The Kier molecular flexibility index (Phi) is 7.20. The standard InChI is InChI=1S/C21H33F2N3O/c1-16(2)25-8-5-18(6-9-25)26-11-10-24(15-19(26)7-12-27)14-17-3-4-20(22)21(23)13-17/h3-4,13,16,18-19,27H,5-12,14-15H2,1-2H3. The predicted molar refractivity (Wildman–Crippen MR) is 104 cm³/mol. The fourth-order valence-corrected chi connectivity index (χ4v) is 4.59. The fourth-order valence-electron chi connectivity index (χ4n) is 4.59. The number of piperidine rings is 1. The van der Waals surface area contributed by atoms with Gasteiger partial charge in [-0.25, -0.2) is 8.78 Å². The van der Waals surface area contributed by atoms with Crippen LogP contribution in [-0.2, 0) is 6.54 Å². The van der Waals surface area contributed by atoms with Crippen molar-refractivity contribution in [1.82, 2.24) is 14.7 Å². The molecule has 0 radical (unpaired) electrons. The normalized spacial score (nSPS) is 24.0. The average Bonchev–Trinajstić information content (AvgIpc) is 2.65. The van der Waals surface area contributed by atoms with E-state index in [1.54, 1.807) is 6.07 Å². The van der Waals surface area contributed by atoms with E-state index in [9.17, 15) is 13.9 Å². The highest BCUT2D eigenvalue weighted by Gasteiger charge is 2.33. The van der Waals surface area contributed by atoms with Crippen molar-refractivity contribution in [3.8, 4) is 0 Å².